The predicted octanol–water partition coefficient (Wildman–Crippen LogP) is 1.33. The van der Waals surface area contributed by atoms with Crippen molar-refractivity contribution in [2.24, 2.45) is 5.73 Å². The number of hydrogen-bond donors (Lipinski definition) is 1. The quantitative estimate of drug-likeness (QED) is 0.909. The second kappa shape index (κ2) is 6.19. The molecule has 1 heterocycles. The normalized spacial score (nSPS) is 21.1. The van der Waals surface area contributed by atoms with Gasteiger partial charge in [0.2, 0.25) is 15.9 Å². The number of sulfonamides is 1. The Kier molecular flexibility index (Phi) is 4.57. The lowest BCUT2D eigenvalue weighted by molar-refractivity contribution is -0.122. The van der Waals surface area contributed by atoms with Crippen LogP contribution in [0.1, 0.15) is 24.8 Å². The molecule has 0 radical (unpaired) electrons. The monoisotopic (exact) mass is 294 g/mol. The molecule has 0 spiro atoms. The SMILES string of the molecule is NC(=O)C1CCCCN1S(=O)(=O)C=Cc1ccccc1. The Balaban J connectivity index is 2.20. The average Bonchev–Trinajstić information content (AvgIpc) is 2.46. The molecule has 1 aliphatic heterocycles. The Labute approximate surface area is 119 Å². The lowest BCUT2D eigenvalue weighted by Crippen LogP contribution is -2.49. The summed E-state index contributed by atoms with van der Waals surface area (Å²) < 4.78 is 25.8. The van der Waals surface area contributed by atoms with E-state index in [2.05, 4.69) is 0 Å². The number of carbonyl (C=O) groups is 1. The molecule has 1 aromatic carbocycles. The van der Waals surface area contributed by atoms with Crippen molar-refractivity contribution in [3.63, 3.8) is 0 Å². The van der Waals surface area contributed by atoms with Crippen LogP contribution < -0.4 is 5.73 Å². The third kappa shape index (κ3) is 3.46. The Bertz CT molecular complexity index is 596. The Morgan fingerprint density at radius 2 is 1.95 bits per heavy atom. The number of primary amides is 1. The van der Waals surface area contributed by atoms with E-state index < -0.39 is 22.0 Å². The lowest BCUT2D eigenvalue weighted by atomic mass is 10.0. The summed E-state index contributed by atoms with van der Waals surface area (Å²) >= 11 is 0. The van der Waals surface area contributed by atoms with E-state index in [9.17, 15) is 13.2 Å². The topological polar surface area (TPSA) is 80.5 Å². The van der Waals surface area contributed by atoms with E-state index in [-0.39, 0.29) is 0 Å². The van der Waals surface area contributed by atoms with Gasteiger partial charge in [-0.1, -0.05) is 36.8 Å². The number of hydrogen-bond acceptors (Lipinski definition) is 3. The number of nitrogens with two attached hydrogens (primary N) is 1. The number of nitrogens with zero attached hydrogens (tertiary/aromatic N) is 1. The van der Waals surface area contributed by atoms with Crippen molar-refractivity contribution in [1.29, 1.82) is 0 Å². The minimum atomic E-state index is -3.62. The maximum atomic E-state index is 12.3. The summed E-state index contributed by atoms with van der Waals surface area (Å²) in [5, 5.41) is 1.14. The highest BCUT2D eigenvalue weighted by Crippen LogP contribution is 2.21. The van der Waals surface area contributed by atoms with E-state index in [1.807, 2.05) is 30.3 Å². The third-order valence-electron chi connectivity index (χ3n) is 3.34. The van der Waals surface area contributed by atoms with Gasteiger partial charge in [0.1, 0.15) is 6.04 Å². The standard InChI is InChI=1S/C14H18N2O3S/c15-14(17)13-8-4-5-10-16(13)20(18,19)11-9-12-6-2-1-3-7-12/h1-3,6-7,9,11,13H,4-5,8,10H2,(H2,15,17). The molecule has 0 aromatic heterocycles. The van der Waals surface area contributed by atoms with Crippen molar-refractivity contribution in [3.8, 4) is 0 Å². The fourth-order valence-corrected chi connectivity index (χ4v) is 3.73. The van der Waals surface area contributed by atoms with E-state index in [1.54, 1.807) is 0 Å². The van der Waals surface area contributed by atoms with Gasteiger partial charge in [-0.15, -0.1) is 0 Å². The molecule has 1 saturated heterocycles. The van der Waals surface area contributed by atoms with E-state index in [0.29, 0.717) is 13.0 Å². The van der Waals surface area contributed by atoms with Crippen LogP contribution in [0.3, 0.4) is 0 Å². The largest absolute Gasteiger partial charge is 0.368 e. The summed E-state index contributed by atoms with van der Waals surface area (Å²) in [7, 11) is -3.62. The van der Waals surface area contributed by atoms with Gasteiger partial charge in [-0.2, -0.15) is 4.31 Å². The molecule has 5 nitrogen and oxygen atoms in total. The number of carbonyl (C=O) groups excluding carboxylic acids is 1. The molecule has 1 amide bonds. The summed E-state index contributed by atoms with van der Waals surface area (Å²) in [6, 6.07) is 8.43. The zero-order valence-corrected chi connectivity index (χ0v) is 11.9. The van der Waals surface area contributed by atoms with Gasteiger partial charge in [0.25, 0.3) is 0 Å². The van der Waals surface area contributed by atoms with E-state index >= 15 is 0 Å². The van der Waals surface area contributed by atoms with Crippen molar-refractivity contribution < 1.29 is 13.2 Å². The fraction of sp³-hybridized carbons (Fsp3) is 0.357. The van der Waals surface area contributed by atoms with Gasteiger partial charge in [0.15, 0.2) is 0 Å². The van der Waals surface area contributed by atoms with Crippen LogP contribution in [-0.4, -0.2) is 31.2 Å². The second-order valence-corrected chi connectivity index (χ2v) is 6.55. The summed E-state index contributed by atoms with van der Waals surface area (Å²) in [6.07, 6.45) is 3.60. The van der Waals surface area contributed by atoms with E-state index in [0.717, 1.165) is 23.8 Å². The lowest BCUT2D eigenvalue weighted by Gasteiger charge is -2.31. The van der Waals surface area contributed by atoms with Gasteiger partial charge >= 0.3 is 0 Å². The highest BCUT2D eigenvalue weighted by Gasteiger charge is 2.34. The van der Waals surface area contributed by atoms with Crippen LogP contribution in [0.4, 0.5) is 0 Å². The van der Waals surface area contributed by atoms with Crippen molar-refractivity contribution in [3.05, 3.63) is 41.3 Å². The number of benzene rings is 1. The first kappa shape index (κ1) is 14.7. The summed E-state index contributed by atoms with van der Waals surface area (Å²) in [5.41, 5.74) is 6.09. The number of rotatable bonds is 4. The molecule has 20 heavy (non-hydrogen) atoms. The minimum absolute atomic E-state index is 0.342. The molecule has 1 atom stereocenters. The van der Waals surface area contributed by atoms with Crippen molar-refractivity contribution in [1.82, 2.24) is 4.31 Å². The predicted molar refractivity (Wildman–Crippen MR) is 77.9 cm³/mol. The molecule has 0 aliphatic carbocycles. The van der Waals surface area contributed by atoms with E-state index in [4.69, 9.17) is 5.73 Å². The zero-order chi connectivity index (χ0) is 14.6. The molecule has 0 bridgehead atoms. The zero-order valence-electron chi connectivity index (χ0n) is 11.1. The molecular weight excluding hydrogens is 276 g/mol. The first-order valence-corrected chi connectivity index (χ1v) is 8.05. The first-order valence-electron chi connectivity index (χ1n) is 6.55. The molecule has 6 heteroatoms. The van der Waals surface area contributed by atoms with Crippen molar-refractivity contribution in [2.45, 2.75) is 25.3 Å². The molecule has 1 fully saturated rings. The van der Waals surface area contributed by atoms with Gasteiger partial charge in [-0.25, -0.2) is 8.42 Å². The van der Waals surface area contributed by atoms with Crippen LogP contribution in [0, 0.1) is 0 Å². The molecule has 1 aliphatic rings. The average molecular weight is 294 g/mol. The Morgan fingerprint density at radius 3 is 2.60 bits per heavy atom. The summed E-state index contributed by atoms with van der Waals surface area (Å²) in [5.74, 6) is -0.582. The number of amides is 1. The Morgan fingerprint density at radius 1 is 1.25 bits per heavy atom. The molecule has 2 rings (SSSR count). The maximum absolute atomic E-state index is 12.3. The molecule has 108 valence electrons. The van der Waals surface area contributed by atoms with Gasteiger partial charge in [-0.05, 0) is 24.5 Å². The molecule has 2 N–H and O–H groups in total. The third-order valence-corrected chi connectivity index (χ3v) is 4.91. The fourth-order valence-electron chi connectivity index (χ4n) is 2.30. The van der Waals surface area contributed by atoms with Crippen LogP contribution in [0.25, 0.3) is 6.08 Å². The Hall–Kier alpha value is -1.66. The molecule has 1 unspecified atom stereocenters. The highest BCUT2D eigenvalue weighted by molar-refractivity contribution is 7.92. The smallest absolute Gasteiger partial charge is 0.236 e. The van der Waals surface area contributed by atoms with Crippen LogP contribution in [0.5, 0.6) is 0 Å². The maximum Gasteiger partial charge on any atom is 0.236 e. The van der Waals surface area contributed by atoms with Gasteiger partial charge in [-0.3, -0.25) is 4.79 Å². The first-order chi connectivity index (χ1) is 9.50. The second-order valence-electron chi connectivity index (χ2n) is 4.78. The number of piperidine rings is 1. The molecular formula is C14H18N2O3S. The van der Waals surface area contributed by atoms with Gasteiger partial charge in [0, 0.05) is 12.0 Å². The van der Waals surface area contributed by atoms with Crippen molar-refractivity contribution >= 4 is 22.0 Å². The van der Waals surface area contributed by atoms with Crippen molar-refractivity contribution in [2.75, 3.05) is 6.54 Å². The highest BCUT2D eigenvalue weighted by atomic mass is 32.2. The van der Waals surface area contributed by atoms with Crippen LogP contribution >= 0.6 is 0 Å². The molecule has 1 aromatic rings. The summed E-state index contributed by atoms with van der Waals surface area (Å²) in [6.45, 7) is 0.342. The minimum Gasteiger partial charge on any atom is -0.368 e. The summed E-state index contributed by atoms with van der Waals surface area (Å²) in [4.78, 5) is 11.4. The molecule has 0 saturated carbocycles. The van der Waals surface area contributed by atoms with Gasteiger partial charge < -0.3 is 5.73 Å². The van der Waals surface area contributed by atoms with Crippen LogP contribution in [0.2, 0.25) is 0 Å². The van der Waals surface area contributed by atoms with Crippen LogP contribution in [-0.2, 0) is 14.8 Å². The van der Waals surface area contributed by atoms with Gasteiger partial charge in [0.05, 0.1) is 0 Å². The van der Waals surface area contributed by atoms with E-state index in [1.165, 1.54) is 10.4 Å². The van der Waals surface area contributed by atoms with Crippen LogP contribution in [0.15, 0.2) is 35.7 Å².